The van der Waals surface area contributed by atoms with Gasteiger partial charge in [0.15, 0.2) is 0 Å². The van der Waals surface area contributed by atoms with Crippen LogP contribution in [0.2, 0.25) is 0 Å². The fourth-order valence-electron chi connectivity index (χ4n) is 1.58. The van der Waals surface area contributed by atoms with E-state index in [1.165, 1.54) is 0 Å². The van der Waals surface area contributed by atoms with Crippen molar-refractivity contribution >= 4 is 11.6 Å². The van der Waals surface area contributed by atoms with Crippen molar-refractivity contribution in [3.63, 3.8) is 0 Å². The topological polar surface area (TPSA) is 52.6 Å². The zero-order chi connectivity index (χ0) is 12.0. The van der Waals surface area contributed by atoms with E-state index in [1.54, 1.807) is 18.0 Å². The predicted molar refractivity (Wildman–Crippen MR) is 64.7 cm³/mol. The number of carbonyl (C=O) groups excluding carboxylic acids is 1. The van der Waals surface area contributed by atoms with Gasteiger partial charge in [-0.3, -0.25) is 4.79 Å². The standard InChI is InChI=1S/C12H18N2O2/c1-3-14(8-9-15)12(16)10-6-4-5-7-11(10)13-2/h4-7,13,15H,3,8-9H2,1-2H3. The van der Waals surface area contributed by atoms with Crippen LogP contribution >= 0.6 is 0 Å². The smallest absolute Gasteiger partial charge is 0.256 e. The Morgan fingerprint density at radius 1 is 1.44 bits per heavy atom. The van der Waals surface area contributed by atoms with Gasteiger partial charge in [-0.05, 0) is 19.1 Å². The van der Waals surface area contributed by atoms with Gasteiger partial charge in [-0.25, -0.2) is 0 Å². The highest BCUT2D eigenvalue weighted by Gasteiger charge is 2.15. The monoisotopic (exact) mass is 222 g/mol. The molecule has 0 aliphatic rings. The van der Waals surface area contributed by atoms with Gasteiger partial charge in [0.1, 0.15) is 0 Å². The second-order valence-electron chi connectivity index (χ2n) is 3.40. The molecule has 0 spiro atoms. The van der Waals surface area contributed by atoms with Crippen LogP contribution in [0.4, 0.5) is 5.69 Å². The third kappa shape index (κ3) is 2.73. The number of benzene rings is 1. The molecular formula is C12H18N2O2. The van der Waals surface area contributed by atoms with Crippen molar-refractivity contribution in [3.8, 4) is 0 Å². The number of anilines is 1. The van der Waals surface area contributed by atoms with E-state index in [2.05, 4.69) is 5.32 Å². The molecule has 1 rings (SSSR count). The predicted octanol–water partition coefficient (Wildman–Crippen LogP) is 1.18. The number of para-hydroxylation sites is 1. The summed E-state index contributed by atoms with van der Waals surface area (Å²) in [5.74, 6) is -0.0542. The average Bonchev–Trinajstić information content (AvgIpc) is 2.35. The summed E-state index contributed by atoms with van der Waals surface area (Å²) >= 11 is 0. The van der Waals surface area contributed by atoms with Crippen LogP contribution in [0.15, 0.2) is 24.3 Å². The minimum absolute atomic E-state index is 0.0126. The number of amides is 1. The molecule has 0 fully saturated rings. The normalized spacial score (nSPS) is 9.94. The van der Waals surface area contributed by atoms with Crippen LogP contribution in [-0.2, 0) is 0 Å². The molecule has 0 aromatic heterocycles. The number of aliphatic hydroxyl groups is 1. The lowest BCUT2D eigenvalue weighted by atomic mass is 10.1. The maximum atomic E-state index is 12.1. The number of carbonyl (C=O) groups is 1. The SMILES string of the molecule is CCN(CCO)C(=O)c1ccccc1NC. The summed E-state index contributed by atoms with van der Waals surface area (Å²) in [6.07, 6.45) is 0. The Balaban J connectivity index is 2.93. The fourth-order valence-corrected chi connectivity index (χ4v) is 1.58. The number of nitrogens with zero attached hydrogens (tertiary/aromatic N) is 1. The Hall–Kier alpha value is -1.55. The van der Waals surface area contributed by atoms with Crippen LogP contribution in [0.5, 0.6) is 0 Å². The van der Waals surface area contributed by atoms with Crippen molar-refractivity contribution in [2.24, 2.45) is 0 Å². The van der Waals surface area contributed by atoms with E-state index in [0.717, 1.165) is 5.69 Å². The third-order valence-electron chi connectivity index (χ3n) is 2.47. The van der Waals surface area contributed by atoms with Crippen molar-refractivity contribution in [1.82, 2.24) is 4.90 Å². The third-order valence-corrected chi connectivity index (χ3v) is 2.47. The lowest BCUT2D eigenvalue weighted by Gasteiger charge is -2.21. The van der Waals surface area contributed by atoms with Crippen molar-refractivity contribution in [2.45, 2.75) is 6.92 Å². The van der Waals surface area contributed by atoms with Crippen molar-refractivity contribution in [1.29, 1.82) is 0 Å². The number of aliphatic hydroxyl groups excluding tert-OH is 1. The second kappa shape index (κ2) is 6.12. The molecule has 1 aromatic rings. The van der Waals surface area contributed by atoms with Gasteiger partial charge in [-0.2, -0.15) is 0 Å². The molecular weight excluding hydrogens is 204 g/mol. The highest BCUT2D eigenvalue weighted by Crippen LogP contribution is 2.16. The van der Waals surface area contributed by atoms with Gasteiger partial charge in [0, 0.05) is 25.8 Å². The summed E-state index contributed by atoms with van der Waals surface area (Å²) < 4.78 is 0. The molecule has 0 saturated carbocycles. The summed E-state index contributed by atoms with van der Waals surface area (Å²) in [7, 11) is 1.79. The van der Waals surface area contributed by atoms with Gasteiger partial charge in [-0.1, -0.05) is 12.1 Å². The minimum atomic E-state index is -0.0542. The number of likely N-dealkylation sites (N-methyl/N-ethyl adjacent to an activating group) is 1. The lowest BCUT2D eigenvalue weighted by Crippen LogP contribution is -2.33. The first kappa shape index (κ1) is 12.5. The van der Waals surface area contributed by atoms with E-state index in [4.69, 9.17) is 5.11 Å². The molecule has 0 unspecified atom stereocenters. The quantitative estimate of drug-likeness (QED) is 0.786. The van der Waals surface area contributed by atoms with Crippen molar-refractivity contribution in [2.75, 3.05) is 32.1 Å². The number of nitrogens with one attached hydrogen (secondary N) is 1. The molecule has 0 heterocycles. The molecule has 0 saturated heterocycles. The molecule has 0 aliphatic carbocycles. The van der Waals surface area contributed by atoms with Gasteiger partial charge in [0.2, 0.25) is 0 Å². The Kier molecular flexibility index (Phi) is 4.79. The molecule has 0 radical (unpaired) electrons. The van der Waals surface area contributed by atoms with Crippen LogP contribution in [0.3, 0.4) is 0 Å². The van der Waals surface area contributed by atoms with E-state index in [1.807, 2.05) is 25.1 Å². The van der Waals surface area contributed by atoms with Gasteiger partial charge in [0.05, 0.1) is 12.2 Å². The minimum Gasteiger partial charge on any atom is -0.395 e. The molecule has 88 valence electrons. The zero-order valence-electron chi connectivity index (χ0n) is 9.73. The maximum Gasteiger partial charge on any atom is 0.256 e. The van der Waals surface area contributed by atoms with Crippen molar-refractivity contribution in [3.05, 3.63) is 29.8 Å². The van der Waals surface area contributed by atoms with Crippen LogP contribution in [-0.4, -0.2) is 42.7 Å². The largest absolute Gasteiger partial charge is 0.395 e. The summed E-state index contributed by atoms with van der Waals surface area (Å²) in [5.41, 5.74) is 1.45. The molecule has 16 heavy (non-hydrogen) atoms. The van der Waals surface area contributed by atoms with Gasteiger partial charge < -0.3 is 15.3 Å². The summed E-state index contributed by atoms with van der Waals surface area (Å²) in [6, 6.07) is 7.36. The zero-order valence-corrected chi connectivity index (χ0v) is 9.73. The molecule has 1 amide bonds. The first-order valence-electron chi connectivity index (χ1n) is 5.41. The Bertz CT molecular complexity index is 353. The lowest BCUT2D eigenvalue weighted by molar-refractivity contribution is 0.0733. The van der Waals surface area contributed by atoms with Gasteiger partial charge in [0.25, 0.3) is 5.91 Å². The Labute approximate surface area is 95.9 Å². The summed E-state index contributed by atoms with van der Waals surface area (Å²) in [5, 5.41) is 11.9. The molecule has 0 atom stereocenters. The first-order valence-corrected chi connectivity index (χ1v) is 5.41. The van der Waals surface area contributed by atoms with Crippen LogP contribution in [0, 0.1) is 0 Å². The number of rotatable bonds is 5. The van der Waals surface area contributed by atoms with Crippen LogP contribution < -0.4 is 5.32 Å². The van der Waals surface area contributed by atoms with E-state index in [0.29, 0.717) is 18.7 Å². The molecule has 2 N–H and O–H groups in total. The Morgan fingerprint density at radius 3 is 2.69 bits per heavy atom. The number of hydrogen-bond acceptors (Lipinski definition) is 3. The fraction of sp³-hybridized carbons (Fsp3) is 0.417. The van der Waals surface area contributed by atoms with Crippen LogP contribution in [0.25, 0.3) is 0 Å². The molecule has 1 aromatic carbocycles. The molecule has 0 bridgehead atoms. The molecule has 4 heteroatoms. The summed E-state index contributed by atoms with van der Waals surface area (Å²) in [6.45, 7) is 2.85. The van der Waals surface area contributed by atoms with Gasteiger partial charge in [-0.15, -0.1) is 0 Å². The highest BCUT2D eigenvalue weighted by atomic mass is 16.3. The first-order chi connectivity index (χ1) is 7.74. The van der Waals surface area contributed by atoms with Gasteiger partial charge >= 0.3 is 0 Å². The average molecular weight is 222 g/mol. The van der Waals surface area contributed by atoms with E-state index in [9.17, 15) is 4.79 Å². The van der Waals surface area contributed by atoms with Crippen LogP contribution in [0.1, 0.15) is 17.3 Å². The number of hydrogen-bond donors (Lipinski definition) is 2. The maximum absolute atomic E-state index is 12.1. The molecule has 0 aliphatic heterocycles. The highest BCUT2D eigenvalue weighted by molar-refractivity contribution is 5.99. The second-order valence-corrected chi connectivity index (χ2v) is 3.40. The van der Waals surface area contributed by atoms with E-state index < -0.39 is 0 Å². The van der Waals surface area contributed by atoms with Crippen molar-refractivity contribution < 1.29 is 9.90 Å². The van der Waals surface area contributed by atoms with E-state index in [-0.39, 0.29) is 12.5 Å². The Morgan fingerprint density at radius 2 is 2.12 bits per heavy atom. The van der Waals surface area contributed by atoms with E-state index >= 15 is 0 Å². The summed E-state index contributed by atoms with van der Waals surface area (Å²) in [4.78, 5) is 13.7. The molecule has 4 nitrogen and oxygen atoms in total.